The van der Waals surface area contributed by atoms with Gasteiger partial charge >= 0.3 is 0 Å². The van der Waals surface area contributed by atoms with Gasteiger partial charge in [-0.1, -0.05) is 11.6 Å². The van der Waals surface area contributed by atoms with Gasteiger partial charge in [0.1, 0.15) is 11.4 Å². The maximum absolute atomic E-state index is 12.9. The molecule has 0 fully saturated rings. The lowest BCUT2D eigenvalue weighted by Gasteiger charge is -2.11. The van der Waals surface area contributed by atoms with Crippen LogP contribution in [-0.4, -0.2) is 21.6 Å². The number of nitroso groups, excluding NO2 is 1. The third kappa shape index (κ3) is 4.49. The maximum atomic E-state index is 12.9. The van der Waals surface area contributed by atoms with Crippen molar-refractivity contribution in [3.63, 3.8) is 0 Å². The summed E-state index contributed by atoms with van der Waals surface area (Å²) in [4.78, 5) is 36.1. The Labute approximate surface area is 171 Å². The molecule has 0 aliphatic heterocycles. The highest BCUT2D eigenvalue weighted by Gasteiger charge is 2.23. The van der Waals surface area contributed by atoms with Gasteiger partial charge in [-0.15, -0.1) is 4.91 Å². The lowest BCUT2D eigenvalue weighted by Crippen LogP contribution is -2.21. The minimum atomic E-state index is -0.429. The molecule has 0 radical (unpaired) electrons. The Hall–Kier alpha value is -3.52. The number of anilines is 2. The topological polar surface area (TPSA) is 105 Å². The van der Waals surface area contributed by atoms with E-state index in [1.165, 1.54) is 28.9 Å². The molecule has 0 aliphatic carbocycles. The summed E-state index contributed by atoms with van der Waals surface area (Å²) in [5.74, 6) is -0.840. The number of carbonyl (C=O) groups is 2. The Balaban J connectivity index is 1.89. The third-order valence-corrected chi connectivity index (χ3v) is 4.47. The van der Waals surface area contributed by atoms with Gasteiger partial charge in [0.05, 0.1) is 11.4 Å². The van der Waals surface area contributed by atoms with Gasteiger partial charge in [0.2, 0.25) is 0 Å². The molecule has 0 saturated heterocycles. The molecular formula is C20H18ClN5O3. The van der Waals surface area contributed by atoms with Crippen molar-refractivity contribution in [2.75, 3.05) is 10.6 Å². The number of aryl methyl sites for hydroxylation is 2. The number of carbonyl (C=O) groups excluding carboxylic acids is 2. The Morgan fingerprint density at radius 3 is 2.28 bits per heavy atom. The van der Waals surface area contributed by atoms with E-state index >= 15 is 0 Å². The van der Waals surface area contributed by atoms with Gasteiger partial charge in [-0.2, -0.15) is 5.10 Å². The highest BCUT2D eigenvalue weighted by molar-refractivity contribution is 6.30. The first-order valence-corrected chi connectivity index (χ1v) is 9.19. The van der Waals surface area contributed by atoms with Crippen LogP contribution in [0.1, 0.15) is 33.5 Å². The molecule has 1 heterocycles. The van der Waals surface area contributed by atoms with Crippen molar-refractivity contribution in [1.29, 1.82) is 0 Å². The summed E-state index contributed by atoms with van der Waals surface area (Å²) in [6.07, 6.45) is 0. The molecule has 1 aromatic heterocycles. The van der Waals surface area contributed by atoms with Crippen molar-refractivity contribution in [3.8, 4) is 0 Å². The second-order valence-corrected chi connectivity index (χ2v) is 6.61. The van der Waals surface area contributed by atoms with E-state index in [2.05, 4.69) is 20.9 Å². The highest BCUT2D eigenvalue weighted by atomic mass is 35.5. The number of amides is 2. The first-order chi connectivity index (χ1) is 13.9. The van der Waals surface area contributed by atoms with Gasteiger partial charge in [0.15, 0.2) is 0 Å². The fourth-order valence-electron chi connectivity index (χ4n) is 2.77. The summed E-state index contributed by atoms with van der Waals surface area (Å²) in [6, 6.07) is 12.6. The zero-order chi connectivity index (χ0) is 21.0. The second kappa shape index (κ2) is 8.66. The molecule has 8 nitrogen and oxygen atoms in total. The molecular weight excluding hydrogens is 394 g/mol. The minimum absolute atomic E-state index is 0.222. The van der Waals surface area contributed by atoms with E-state index in [-0.39, 0.29) is 11.4 Å². The van der Waals surface area contributed by atoms with Gasteiger partial charge in [-0.25, -0.2) is 0 Å². The number of hydrogen-bond donors (Lipinski definition) is 2. The SMILES string of the molecule is CCn1nc(C)c(NC(=O)c2ccc(N=O)cc2)c1C(=O)Nc1ccc(Cl)cc1. The Kier molecular flexibility index (Phi) is 6.04. The van der Waals surface area contributed by atoms with E-state index in [4.69, 9.17) is 11.6 Å². The van der Waals surface area contributed by atoms with Crippen LogP contribution in [0.5, 0.6) is 0 Å². The minimum Gasteiger partial charge on any atom is -0.321 e. The van der Waals surface area contributed by atoms with E-state index in [0.717, 1.165) is 0 Å². The fourth-order valence-corrected chi connectivity index (χ4v) is 2.90. The van der Waals surface area contributed by atoms with E-state index in [1.54, 1.807) is 31.2 Å². The zero-order valence-electron chi connectivity index (χ0n) is 15.8. The molecule has 0 spiro atoms. The number of rotatable bonds is 6. The van der Waals surface area contributed by atoms with Crippen LogP contribution in [0.15, 0.2) is 53.7 Å². The van der Waals surface area contributed by atoms with Gasteiger partial charge in [-0.3, -0.25) is 14.3 Å². The first-order valence-electron chi connectivity index (χ1n) is 8.82. The summed E-state index contributed by atoms with van der Waals surface area (Å²) < 4.78 is 1.52. The lowest BCUT2D eigenvalue weighted by atomic mass is 10.2. The molecule has 3 aromatic rings. The standard InChI is InChI=1S/C20H18ClN5O3/c1-3-26-18(20(28)22-15-10-6-14(21)7-11-15)17(12(2)24-26)23-19(27)13-4-8-16(25-29)9-5-13/h4-11H,3H2,1-2H3,(H,22,28)(H,23,27). The monoisotopic (exact) mass is 411 g/mol. The summed E-state index contributed by atoms with van der Waals surface area (Å²) in [6.45, 7) is 4.00. The van der Waals surface area contributed by atoms with Crippen molar-refractivity contribution in [2.24, 2.45) is 5.18 Å². The number of nitrogens with zero attached hydrogens (tertiary/aromatic N) is 3. The molecule has 2 amide bonds. The van der Waals surface area contributed by atoms with Crippen molar-refractivity contribution in [2.45, 2.75) is 20.4 Å². The normalized spacial score (nSPS) is 10.4. The van der Waals surface area contributed by atoms with Gasteiger partial charge in [0.25, 0.3) is 11.8 Å². The highest BCUT2D eigenvalue weighted by Crippen LogP contribution is 2.24. The maximum Gasteiger partial charge on any atom is 0.276 e. The molecule has 3 rings (SSSR count). The predicted molar refractivity (Wildman–Crippen MR) is 112 cm³/mol. The largest absolute Gasteiger partial charge is 0.321 e. The summed E-state index contributed by atoms with van der Waals surface area (Å²) >= 11 is 5.88. The zero-order valence-corrected chi connectivity index (χ0v) is 16.5. The molecule has 2 N–H and O–H groups in total. The Bertz CT molecular complexity index is 1060. The van der Waals surface area contributed by atoms with E-state index in [9.17, 15) is 14.5 Å². The number of hydrogen-bond acceptors (Lipinski definition) is 5. The van der Waals surface area contributed by atoms with Gasteiger partial charge in [-0.05, 0) is 67.6 Å². The summed E-state index contributed by atoms with van der Waals surface area (Å²) in [5.41, 5.74) is 2.17. The molecule has 0 atom stereocenters. The van der Waals surface area contributed by atoms with Crippen LogP contribution in [0.4, 0.5) is 17.1 Å². The molecule has 0 bridgehead atoms. The number of halogens is 1. The van der Waals surface area contributed by atoms with Crippen molar-refractivity contribution >= 4 is 40.5 Å². The summed E-state index contributed by atoms with van der Waals surface area (Å²) in [7, 11) is 0. The molecule has 0 aliphatic rings. The average molecular weight is 412 g/mol. The molecule has 9 heteroatoms. The van der Waals surface area contributed by atoms with Crippen LogP contribution >= 0.6 is 11.6 Å². The molecule has 148 valence electrons. The smallest absolute Gasteiger partial charge is 0.276 e. The third-order valence-electron chi connectivity index (χ3n) is 4.22. The van der Waals surface area contributed by atoms with Crippen LogP contribution in [0.25, 0.3) is 0 Å². The van der Waals surface area contributed by atoms with Crippen LogP contribution in [0, 0.1) is 11.8 Å². The molecule has 2 aromatic carbocycles. The van der Waals surface area contributed by atoms with Crippen molar-refractivity contribution in [3.05, 3.63) is 75.4 Å². The van der Waals surface area contributed by atoms with Crippen LogP contribution in [-0.2, 0) is 6.54 Å². The molecule has 0 saturated carbocycles. The Morgan fingerprint density at radius 1 is 1.03 bits per heavy atom. The number of benzene rings is 2. The molecule has 0 unspecified atom stereocenters. The predicted octanol–water partition coefficient (Wildman–Crippen LogP) is 4.77. The number of aromatic nitrogens is 2. The van der Waals surface area contributed by atoms with Crippen molar-refractivity contribution < 1.29 is 9.59 Å². The van der Waals surface area contributed by atoms with Gasteiger partial charge < -0.3 is 10.6 Å². The average Bonchev–Trinajstić information content (AvgIpc) is 3.05. The number of nitrogens with one attached hydrogen (secondary N) is 2. The van der Waals surface area contributed by atoms with Crippen LogP contribution < -0.4 is 10.6 Å². The fraction of sp³-hybridized carbons (Fsp3) is 0.150. The van der Waals surface area contributed by atoms with Crippen molar-refractivity contribution in [1.82, 2.24) is 9.78 Å². The summed E-state index contributed by atoms with van der Waals surface area (Å²) in [5, 5.41) is 13.2. The quantitative estimate of drug-likeness (QED) is 0.570. The van der Waals surface area contributed by atoms with Gasteiger partial charge in [0, 0.05) is 22.8 Å². The van der Waals surface area contributed by atoms with Crippen LogP contribution in [0.2, 0.25) is 5.02 Å². The van der Waals surface area contributed by atoms with E-state index < -0.39 is 11.8 Å². The second-order valence-electron chi connectivity index (χ2n) is 6.18. The van der Waals surface area contributed by atoms with Crippen LogP contribution in [0.3, 0.4) is 0 Å². The molecule has 29 heavy (non-hydrogen) atoms. The first kappa shape index (κ1) is 20.2. The lowest BCUT2D eigenvalue weighted by molar-refractivity contribution is 0.101. The van der Waals surface area contributed by atoms with E-state index in [0.29, 0.717) is 34.2 Å². The Morgan fingerprint density at radius 2 is 1.69 bits per heavy atom. The van der Waals surface area contributed by atoms with E-state index in [1.807, 2.05) is 6.92 Å².